The molecule has 4 rings (SSSR count). The lowest BCUT2D eigenvalue weighted by Crippen LogP contribution is -2.50. The van der Waals surface area contributed by atoms with Gasteiger partial charge < -0.3 is 5.32 Å². The molecule has 1 amide bonds. The van der Waals surface area contributed by atoms with Crippen LogP contribution in [-0.4, -0.2) is 26.7 Å². The number of hydrogen-bond acceptors (Lipinski definition) is 5. The van der Waals surface area contributed by atoms with Gasteiger partial charge in [0.25, 0.3) is 17.4 Å². The number of rotatable bonds is 6. The number of aryl methyl sites for hydroxylation is 1. The van der Waals surface area contributed by atoms with Gasteiger partial charge in [-0.3, -0.25) is 23.7 Å². The standard InChI is InChI=1S/C27H21N3O5/c1-18-17-29(27(35)30(25(18)33)26(34)21-15-9-4-10-16-21)23(22(31)19-11-5-2-6-12-19)28-24(32)20-13-7-3-8-14-20/h2-17,23H,1H3,(H,28,32). The molecular formula is C27H21N3O5. The number of aromatic nitrogens is 2. The van der Waals surface area contributed by atoms with E-state index >= 15 is 0 Å². The summed E-state index contributed by atoms with van der Waals surface area (Å²) in [6.07, 6.45) is -0.331. The summed E-state index contributed by atoms with van der Waals surface area (Å²) in [6, 6.07) is 24.2. The zero-order valence-electron chi connectivity index (χ0n) is 18.8. The smallest absolute Gasteiger partial charge is 0.325 e. The van der Waals surface area contributed by atoms with E-state index in [-0.39, 0.29) is 22.3 Å². The molecule has 0 fully saturated rings. The molecule has 3 aromatic carbocycles. The van der Waals surface area contributed by atoms with Crippen LogP contribution in [0.1, 0.15) is 42.8 Å². The molecule has 174 valence electrons. The summed E-state index contributed by atoms with van der Waals surface area (Å²) in [6.45, 7) is 1.43. The van der Waals surface area contributed by atoms with Gasteiger partial charge in [-0.05, 0) is 31.2 Å². The Morgan fingerprint density at radius 1 is 0.714 bits per heavy atom. The molecule has 0 saturated heterocycles. The number of hydrogen-bond donors (Lipinski definition) is 1. The van der Waals surface area contributed by atoms with Crippen molar-refractivity contribution in [1.29, 1.82) is 0 Å². The third-order valence-corrected chi connectivity index (χ3v) is 5.40. The van der Waals surface area contributed by atoms with Gasteiger partial charge >= 0.3 is 5.69 Å². The third-order valence-electron chi connectivity index (χ3n) is 5.40. The number of carbonyl (C=O) groups excluding carboxylic acids is 3. The lowest BCUT2D eigenvalue weighted by Gasteiger charge is -2.22. The van der Waals surface area contributed by atoms with Gasteiger partial charge in [-0.25, -0.2) is 4.79 Å². The predicted molar refractivity (Wildman–Crippen MR) is 130 cm³/mol. The van der Waals surface area contributed by atoms with Crippen molar-refractivity contribution in [2.75, 3.05) is 0 Å². The Morgan fingerprint density at radius 3 is 1.74 bits per heavy atom. The van der Waals surface area contributed by atoms with Crippen molar-refractivity contribution >= 4 is 17.6 Å². The average Bonchev–Trinajstić information content (AvgIpc) is 2.90. The van der Waals surface area contributed by atoms with Gasteiger partial charge in [0.1, 0.15) is 0 Å². The van der Waals surface area contributed by atoms with E-state index in [1.165, 1.54) is 25.3 Å². The number of carbonyl (C=O) groups is 3. The van der Waals surface area contributed by atoms with Crippen LogP contribution >= 0.6 is 0 Å². The predicted octanol–water partition coefficient (Wildman–Crippen LogP) is 2.82. The fourth-order valence-corrected chi connectivity index (χ4v) is 3.59. The molecule has 0 bridgehead atoms. The van der Waals surface area contributed by atoms with Crippen LogP contribution < -0.4 is 16.6 Å². The maximum Gasteiger partial charge on any atom is 0.340 e. The first-order valence-electron chi connectivity index (χ1n) is 10.8. The van der Waals surface area contributed by atoms with Crippen molar-refractivity contribution in [1.82, 2.24) is 14.5 Å². The van der Waals surface area contributed by atoms with Crippen molar-refractivity contribution in [3.63, 3.8) is 0 Å². The van der Waals surface area contributed by atoms with Gasteiger partial charge in [-0.2, -0.15) is 4.57 Å². The fourth-order valence-electron chi connectivity index (χ4n) is 3.59. The first kappa shape index (κ1) is 23.3. The lowest BCUT2D eigenvalue weighted by atomic mass is 10.1. The van der Waals surface area contributed by atoms with Gasteiger partial charge in [0.15, 0.2) is 6.17 Å². The van der Waals surface area contributed by atoms with Crippen LogP contribution in [0.2, 0.25) is 0 Å². The Balaban J connectivity index is 1.87. The normalized spacial score (nSPS) is 11.5. The van der Waals surface area contributed by atoms with E-state index in [0.717, 1.165) is 4.57 Å². The van der Waals surface area contributed by atoms with E-state index in [0.29, 0.717) is 4.57 Å². The maximum absolute atomic E-state index is 13.5. The molecule has 0 saturated carbocycles. The van der Waals surface area contributed by atoms with Crippen molar-refractivity contribution in [3.8, 4) is 0 Å². The van der Waals surface area contributed by atoms with Gasteiger partial charge in [-0.1, -0.05) is 66.7 Å². The molecule has 0 aliphatic carbocycles. The van der Waals surface area contributed by atoms with Crippen molar-refractivity contribution in [3.05, 3.63) is 140 Å². The molecular weight excluding hydrogens is 446 g/mol. The highest BCUT2D eigenvalue weighted by atomic mass is 16.2. The van der Waals surface area contributed by atoms with Gasteiger partial charge in [-0.15, -0.1) is 0 Å². The van der Waals surface area contributed by atoms with E-state index in [2.05, 4.69) is 5.32 Å². The van der Waals surface area contributed by atoms with Crippen LogP contribution in [-0.2, 0) is 0 Å². The summed E-state index contributed by atoms with van der Waals surface area (Å²) >= 11 is 0. The number of nitrogens with one attached hydrogen (secondary N) is 1. The average molecular weight is 467 g/mol. The van der Waals surface area contributed by atoms with Crippen LogP contribution in [0, 0.1) is 6.92 Å². The largest absolute Gasteiger partial charge is 0.340 e. The van der Waals surface area contributed by atoms with Crippen molar-refractivity contribution < 1.29 is 14.4 Å². The number of ketones is 1. The lowest BCUT2D eigenvalue weighted by molar-refractivity contribution is 0.0807. The third kappa shape index (κ3) is 4.77. The molecule has 0 radical (unpaired) electrons. The van der Waals surface area contributed by atoms with Gasteiger partial charge in [0, 0.05) is 28.5 Å². The zero-order chi connectivity index (χ0) is 24.9. The molecule has 1 aromatic heterocycles. The summed E-state index contributed by atoms with van der Waals surface area (Å²) in [5.74, 6) is -2.02. The number of nitrogens with zero attached hydrogens (tertiary/aromatic N) is 2. The number of Topliss-reactive ketones (excluding diaryl/α,β-unsaturated/α-hetero) is 1. The second-order valence-electron chi connectivity index (χ2n) is 7.79. The van der Waals surface area contributed by atoms with E-state index in [4.69, 9.17) is 0 Å². The van der Waals surface area contributed by atoms with E-state index in [9.17, 15) is 24.0 Å². The molecule has 1 heterocycles. The highest BCUT2D eigenvalue weighted by Gasteiger charge is 2.28. The van der Waals surface area contributed by atoms with Crippen molar-refractivity contribution in [2.45, 2.75) is 13.1 Å². The Labute approximate surface area is 200 Å². The Morgan fingerprint density at radius 2 is 1.20 bits per heavy atom. The SMILES string of the molecule is Cc1cn(C(NC(=O)c2ccccc2)C(=O)c2ccccc2)c(=O)n(C(=O)c2ccccc2)c1=O. The first-order chi connectivity index (χ1) is 16.9. The Bertz CT molecular complexity index is 1510. The molecule has 1 N–H and O–H groups in total. The molecule has 35 heavy (non-hydrogen) atoms. The highest BCUT2D eigenvalue weighted by Crippen LogP contribution is 2.13. The topological polar surface area (TPSA) is 107 Å². The minimum Gasteiger partial charge on any atom is -0.325 e. The van der Waals surface area contributed by atoms with Crippen LogP contribution in [0.25, 0.3) is 0 Å². The van der Waals surface area contributed by atoms with Crippen LogP contribution in [0.15, 0.2) is 107 Å². The summed E-state index contributed by atoms with van der Waals surface area (Å²) < 4.78 is 1.39. The monoisotopic (exact) mass is 467 g/mol. The second kappa shape index (κ2) is 9.96. The van der Waals surface area contributed by atoms with E-state index in [1.807, 2.05) is 0 Å². The van der Waals surface area contributed by atoms with Crippen LogP contribution in [0.5, 0.6) is 0 Å². The number of benzene rings is 3. The summed E-state index contributed by atoms with van der Waals surface area (Å²) in [5.41, 5.74) is -1.16. The van der Waals surface area contributed by atoms with Crippen LogP contribution in [0.3, 0.4) is 0 Å². The highest BCUT2D eigenvalue weighted by molar-refractivity contribution is 6.03. The minimum absolute atomic E-state index is 0.0497. The minimum atomic E-state index is -1.51. The molecule has 0 aliphatic rings. The first-order valence-corrected chi connectivity index (χ1v) is 10.8. The fraction of sp³-hybridized carbons (Fsp3) is 0.0741. The van der Waals surface area contributed by atoms with Crippen LogP contribution in [0.4, 0.5) is 0 Å². The van der Waals surface area contributed by atoms with Gasteiger partial charge in [0.2, 0.25) is 5.78 Å². The molecule has 8 heteroatoms. The molecule has 4 aromatic rings. The van der Waals surface area contributed by atoms with Crippen molar-refractivity contribution in [2.24, 2.45) is 0 Å². The molecule has 8 nitrogen and oxygen atoms in total. The molecule has 1 unspecified atom stereocenters. The summed E-state index contributed by atoms with van der Waals surface area (Å²) in [7, 11) is 0. The van der Waals surface area contributed by atoms with E-state index < -0.39 is 35.0 Å². The Hall–Kier alpha value is -4.85. The number of amides is 1. The molecule has 0 aliphatic heterocycles. The van der Waals surface area contributed by atoms with E-state index in [1.54, 1.807) is 78.9 Å². The second-order valence-corrected chi connectivity index (χ2v) is 7.79. The quantitative estimate of drug-likeness (QED) is 0.439. The maximum atomic E-state index is 13.5. The summed E-state index contributed by atoms with van der Waals surface area (Å²) in [4.78, 5) is 65.8. The molecule has 1 atom stereocenters. The Kier molecular flexibility index (Phi) is 6.64. The summed E-state index contributed by atoms with van der Waals surface area (Å²) in [5, 5.41) is 2.59. The zero-order valence-corrected chi connectivity index (χ0v) is 18.8. The molecule has 0 spiro atoms. The van der Waals surface area contributed by atoms with Gasteiger partial charge in [0.05, 0.1) is 0 Å².